The SMILES string of the molecule is CCC=CC(=O)Br. The van der Waals surface area contributed by atoms with Gasteiger partial charge in [-0.2, -0.15) is 0 Å². The molecule has 0 N–H and O–H groups in total. The van der Waals surface area contributed by atoms with E-state index in [1.165, 1.54) is 6.08 Å². The van der Waals surface area contributed by atoms with Crippen molar-refractivity contribution in [1.82, 2.24) is 0 Å². The van der Waals surface area contributed by atoms with Crippen LogP contribution in [0.25, 0.3) is 0 Å². The summed E-state index contributed by atoms with van der Waals surface area (Å²) in [4.78, 5) is 10.0. The number of carbonyl (C=O) groups excluding carboxylic acids is 1. The van der Waals surface area contributed by atoms with E-state index in [-0.39, 0.29) is 4.69 Å². The first kappa shape index (κ1) is 6.89. The molecule has 0 fully saturated rings. The van der Waals surface area contributed by atoms with Crippen LogP contribution in [0.2, 0.25) is 0 Å². The zero-order valence-corrected chi connectivity index (χ0v) is 5.73. The molecular weight excluding hydrogens is 156 g/mol. The van der Waals surface area contributed by atoms with E-state index in [1.54, 1.807) is 6.08 Å². The molecule has 0 aromatic heterocycles. The number of carbonyl (C=O) groups is 1. The summed E-state index contributed by atoms with van der Waals surface area (Å²) in [6.07, 6.45) is 4.22. The standard InChI is InChI=1S/C5H7BrO/c1-2-3-4-5(6)7/h3-4H,2H2,1H3. The van der Waals surface area contributed by atoms with E-state index in [4.69, 9.17) is 0 Å². The van der Waals surface area contributed by atoms with Crippen molar-refractivity contribution in [3.05, 3.63) is 12.2 Å². The summed E-state index contributed by atoms with van der Waals surface area (Å²) >= 11 is 2.75. The van der Waals surface area contributed by atoms with Gasteiger partial charge in [0, 0.05) is 0 Å². The summed E-state index contributed by atoms with van der Waals surface area (Å²) in [6, 6.07) is 0. The Morgan fingerprint density at radius 3 is 2.57 bits per heavy atom. The third-order valence-corrected chi connectivity index (χ3v) is 0.749. The van der Waals surface area contributed by atoms with Crippen LogP contribution < -0.4 is 0 Å². The molecule has 0 aromatic rings. The second-order valence-electron chi connectivity index (χ2n) is 1.11. The molecule has 0 aliphatic carbocycles. The highest BCUT2D eigenvalue weighted by Gasteiger charge is 1.78. The van der Waals surface area contributed by atoms with Crippen LogP contribution >= 0.6 is 15.9 Å². The van der Waals surface area contributed by atoms with E-state index in [0.717, 1.165) is 6.42 Å². The monoisotopic (exact) mass is 162 g/mol. The topological polar surface area (TPSA) is 17.1 Å². The van der Waals surface area contributed by atoms with E-state index in [1.807, 2.05) is 6.92 Å². The normalized spacial score (nSPS) is 10.0. The predicted molar refractivity (Wildman–Crippen MR) is 33.4 cm³/mol. The lowest BCUT2D eigenvalue weighted by Crippen LogP contribution is -1.70. The van der Waals surface area contributed by atoms with E-state index >= 15 is 0 Å². The summed E-state index contributed by atoms with van der Waals surface area (Å²) in [7, 11) is 0. The first-order valence-corrected chi connectivity index (χ1v) is 2.92. The van der Waals surface area contributed by atoms with Gasteiger partial charge in [-0.3, -0.25) is 4.79 Å². The van der Waals surface area contributed by atoms with Crippen LogP contribution in [0.1, 0.15) is 13.3 Å². The molecule has 0 amide bonds. The van der Waals surface area contributed by atoms with Crippen molar-refractivity contribution in [2.24, 2.45) is 0 Å². The Hall–Kier alpha value is -0.110. The minimum atomic E-state index is -0.0608. The van der Waals surface area contributed by atoms with Gasteiger partial charge < -0.3 is 0 Å². The van der Waals surface area contributed by atoms with Crippen molar-refractivity contribution in [3.8, 4) is 0 Å². The minimum absolute atomic E-state index is 0.0608. The van der Waals surface area contributed by atoms with E-state index < -0.39 is 0 Å². The zero-order chi connectivity index (χ0) is 5.70. The number of allylic oxidation sites excluding steroid dienone is 2. The van der Waals surface area contributed by atoms with Gasteiger partial charge in [-0.05, 0) is 28.4 Å². The highest BCUT2D eigenvalue weighted by molar-refractivity contribution is 9.18. The molecule has 0 radical (unpaired) electrons. The first-order chi connectivity index (χ1) is 3.27. The Bertz CT molecular complexity index is 86.1. The van der Waals surface area contributed by atoms with Gasteiger partial charge in [0.2, 0.25) is 4.69 Å². The number of hydrogen-bond acceptors (Lipinski definition) is 1. The summed E-state index contributed by atoms with van der Waals surface area (Å²) < 4.78 is -0.0608. The molecular formula is C5H7BrO. The van der Waals surface area contributed by atoms with Crippen molar-refractivity contribution < 1.29 is 4.79 Å². The average molecular weight is 163 g/mol. The third kappa shape index (κ3) is 5.89. The Labute approximate surface area is 51.5 Å². The van der Waals surface area contributed by atoms with Gasteiger partial charge in [-0.1, -0.05) is 13.0 Å². The van der Waals surface area contributed by atoms with Crippen molar-refractivity contribution in [2.75, 3.05) is 0 Å². The molecule has 0 aliphatic heterocycles. The van der Waals surface area contributed by atoms with Crippen LogP contribution in [0, 0.1) is 0 Å². The maximum Gasteiger partial charge on any atom is 0.220 e. The van der Waals surface area contributed by atoms with Gasteiger partial charge in [0.15, 0.2) is 0 Å². The average Bonchev–Trinajstić information content (AvgIpc) is 1.61. The lowest BCUT2D eigenvalue weighted by molar-refractivity contribution is -0.106. The quantitative estimate of drug-likeness (QED) is 0.448. The summed E-state index contributed by atoms with van der Waals surface area (Å²) in [5.41, 5.74) is 0. The molecule has 0 bridgehead atoms. The second kappa shape index (κ2) is 4.06. The van der Waals surface area contributed by atoms with Crippen LogP contribution in [0.5, 0.6) is 0 Å². The van der Waals surface area contributed by atoms with Crippen molar-refractivity contribution in [2.45, 2.75) is 13.3 Å². The fourth-order valence-corrected chi connectivity index (χ4v) is 0.397. The van der Waals surface area contributed by atoms with Gasteiger partial charge >= 0.3 is 0 Å². The Balaban J connectivity index is 3.26. The Morgan fingerprint density at radius 2 is 2.43 bits per heavy atom. The Kier molecular flexibility index (Phi) is 4.00. The first-order valence-electron chi connectivity index (χ1n) is 2.13. The maximum absolute atomic E-state index is 10.0. The fraction of sp³-hybridized carbons (Fsp3) is 0.400. The van der Waals surface area contributed by atoms with Crippen molar-refractivity contribution in [1.29, 1.82) is 0 Å². The van der Waals surface area contributed by atoms with Gasteiger partial charge in [-0.25, -0.2) is 0 Å². The summed E-state index contributed by atoms with van der Waals surface area (Å²) in [5.74, 6) is 0. The highest BCUT2D eigenvalue weighted by atomic mass is 79.9. The highest BCUT2D eigenvalue weighted by Crippen LogP contribution is 1.87. The molecule has 0 unspecified atom stereocenters. The predicted octanol–water partition coefficient (Wildman–Crippen LogP) is 1.87. The van der Waals surface area contributed by atoms with Crippen LogP contribution in [0.15, 0.2) is 12.2 Å². The molecule has 0 aliphatic rings. The zero-order valence-electron chi connectivity index (χ0n) is 4.15. The van der Waals surface area contributed by atoms with Gasteiger partial charge in [-0.15, -0.1) is 0 Å². The second-order valence-corrected chi connectivity index (χ2v) is 1.90. The lowest BCUT2D eigenvalue weighted by Gasteiger charge is -1.72. The fourth-order valence-electron chi connectivity index (χ4n) is 0.211. The molecule has 0 saturated heterocycles. The van der Waals surface area contributed by atoms with Gasteiger partial charge in [0.1, 0.15) is 0 Å². The van der Waals surface area contributed by atoms with Gasteiger partial charge in [0.25, 0.3) is 0 Å². The molecule has 2 heteroatoms. The smallest absolute Gasteiger partial charge is 0.220 e. The number of halogens is 1. The molecule has 0 saturated carbocycles. The van der Waals surface area contributed by atoms with Crippen LogP contribution in [0.3, 0.4) is 0 Å². The van der Waals surface area contributed by atoms with Crippen molar-refractivity contribution >= 4 is 20.6 Å². The number of rotatable bonds is 2. The lowest BCUT2D eigenvalue weighted by atomic mass is 10.4. The molecule has 7 heavy (non-hydrogen) atoms. The summed E-state index contributed by atoms with van der Waals surface area (Å²) in [5, 5.41) is 0. The largest absolute Gasteiger partial charge is 0.282 e. The Morgan fingerprint density at radius 1 is 1.86 bits per heavy atom. The van der Waals surface area contributed by atoms with E-state index in [9.17, 15) is 4.79 Å². The molecule has 0 rings (SSSR count). The van der Waals surface area contributed by atoms with E-state index in [0.29, 0.717) is 0 Å². The summed E-state index contributed by atoms with van der Waals surface area (Å²) in [6.45, 7) is 1.98. The minimum Gasteiger partial charge on any atom is -0.282 e. The molecule has 0 atom stereocenters. The number of hydrogen-bond donors (Lipinski definition) is 0. The molecule has 0 spiro atoms. The molecule has 40 valence electrons. The third-order valence-electron chi connectivity index (χ3n) is 0.485. The molecule has 0 aromatic carbocycles. The van der Waals surface area contributed by atoms with Gasteiger partial charge in [0.05, 0.1) is 0 Å². The molecule has 1 nitrogen and oxygen atoms in total. The molecule has 0 heterocycles. The van der Waals surface area contributed by atoms with Crippen LogP contribution in [-0.4, -0.2) is 4.69 Å². The van der Waals surface area contributed by atoms with E-state index in [2.05, 4.69) is 15.9 Å². The van der Waals surface area contributed by atoms with Crippen LogP contribution in [-0.2, 0) is 4.79 Å². The maximum atomic E-state index is 10.0. The van der Waals surface area contributed by atoms with Crippen molar-refractivity contribution in [3.63, 3.8) is 0 Å². The van der Waals surface area contributed by atoms with Crippen LogP contribution in [0.4, 0.5) is 0 Å².